The first-order valence-electron chi connectivity index (χ1n) is 7.58. The van der Waals surface area contributed by atoms with Crippen LogP contribution in [0.4, 0.5) is 0 Å². The Labute approximate surface area is 117 Å². The number of hydrogen-bond donors (Lipinski definition) is 1. The Bertz CT molecular complexity index is 317. The molecule has 2 fully saturated rings. The summed E-state index contributed by atoms with van der Waals surface area (Å²) in [6, 6.07) is 1.09. The van der Waals surface area contributed by atoms with Crippen LogP contribution in [-0.2, 0) is 4.79 Å². The topological polar surface area (TPSA) is 35.6 Å². The Morgan fingerprint density at radius 2 is 2.11 bits per heavy atom. The van der Waals surface area contributed by atoms with Gasteiger partial charge in [0.25, 0.3) is 0 Å². The number of carbonyl (C=O) groups is 1. The Hall–Kier alpha value is -0.610. The van der Waals surface area contributed by atoms with Crippen LogP contribution in [0.25, 0.3) is 0 Å². The molecule has 19 heavy (non-hydrogen) atoms. The third-order valence-electron chi connectivity index (χ3n) is 5.35. The van der Waals surface area contributed by atoms with E-state index in [1.807, 2.05) is 11.9 Å². The highest BCUT2D eigenvalue weighted by Gasteiger charge is 2.46. The normalized spacial score (nSPS) is 31.5. The second kappa shape index (κ2) is 5.80. The van der Waals surface area contributed by atoms with E-state index in [1.54, 1.807) is 6.92 Å². The van der Waals surface area contributed by atoms with E-state index in [4.69, 9.17) is 0 Å². The summed E-state index contributed by atoms with van der Waals surface area (Å²) in [4.78, 5) is 15.6. The zero-order valence-corrected chi connectivity index (χ0v) is 12.9. The lowest BCUT2D eigenvalue weighted by Gasteiger charge is -2.49. The van der Waals surface area contributed by atoms with Crippen LogP contribution in [0.1, 0.15) is 39.5 Å². The van der Waals surface area contributed by atoms with Crippen LogP contribution in [0, 0.1) is 5.41 Å². The predicted octanol–water partition coefficient (Wildman–Crippen LogP) is 1.32. The molecule has 4 heteroatoms. The molecular weight excluding hydrogens is 238 g/mol. The molecule has 1 saturated heterocycles. The maximum atomic E-state index is 11.3. The van der Waals surface area contributed by atoms with Gasteiger partial charge in [-0.05, 0) is 51.6 Å². The molecule has 1 heterocycles. The van der Waals surface area contributed by atoms with E-state index < -0.39 is 0 Å². The highest BCUT2D eigenvalue weighted by molar-refractivity contribution is 5.73. The van der Waals surface area contributed by atoms with Gasteiger partial charge in [0.2, 0.25) is 5.91 Å². The van der Waals surface area contributed by atoms with Crippen LogP contribution in [-0.4, -0.2) is 61.5 Å². The van der Waals surface area contributed by atoms with Gasteiger partial charge in [-0.2, -0.15) is 0 Å². The van der Waals surface area contributed by atoms with Crippen molar-refractivity contribution >= 4 is 5.91 Å². The second-order valence-corrected chi connectivity index (χ2v) is 6.74. The molecule has 2 rings (SSSR count). The van der Waals surface area contributed by atoms with Crippen LogP contribution in [0.15, 0.2) is 0 Å². The summed E-state index contributed by atoms with van der Waals surface area (Å²) in [5.74, 6) is 0.162. The number of rotatable bonds is 5. The molecule has 0 aromatic heterocycles. The molecule has 1 unspecified atom stereocenters. The first-order valence-corrected chi connectivity index (χ1v) is 7.58. The third-order valence-corrected chi connectivity index (χ3v) is 5.35. The van der Waals surface area contributed by atoms with Crippen LogP contribution >= 0.6 is 0 Å². The molecule has 1 N–H and O–H groups in total. The highest BCUT2D eigenvalue weighted by atomic mass is 16.2. The lowest BCUT2D eigenvalue weighted by molar-refractivity contribution is -0.129. The second-order valence-electron chi connectivity index (χ2n) is 6.74. The van der Waals surface area contributed by atoms with E-state index in [2.05, 4.69) is 24.2 Å². The zero-order valence-electron chi connectivity index (χ0n) is 12.9. The van der Waals surface area contributed by atoms with Gasteiger partial charge >= 0.3 is 0 Å². The van der Waals surface area contributed by atoms with Gasteiger partial charge in [0.05, 0.1) is 0 Å². The number of nitrogens with zero attached hydrogens (tertiary/aromatic N) is 2. The molecule has 4 nitrogen and oxygen atoms in total. The van der Waals surface area contributed by atoms with Gasteiger partial charge in [0.15, 0.2) is 0 Å². The largest absolute Gasteiger partial charge is 0.343 e. The average molecular weight is 267 g/mol. The molecule has 2 aliphatic rings. The summed E-state index contributed by atoms with van der Waals surface area (Å²) in [5, 5.41) is 3.49. The van der Waals surface area contributed by atoms with Gasteiger partial charge < -0.3 is 15.1 Å². The molecule has 1 saturated carbocycles. The average Bonchev–Trinajstić information content (AvgIpc) is 2.81. The molecule has 110 valence electrons. The van der Waals surface area contributed by atoms with E-state index in [1.165, 1.54) is 32.4 Å². The highest BCUT2D eigenvalue weighted by Crippen LogP contribution is 2.47. The van der Waals surface area contributed by atoms with Crippen molar-refractivity contribution in [3.63, 3.8) is 0 Å². The van der Waals surface area contributed by atoms with E-state index in [9.17, 15) is 4.79 Å². The van der Waals surface area contributed by atoms with Crippen molar-refractivity contribution in [1.82, 2.24) is 15.1 Å². The summed E-state index contributed by atoms with van der Waals surface area (Å²) >= 11 is 0. The van der Waals surface area contributed by atoms with Gasteiger partial charge in [-0.3, -0.25) is 4.79 Å². The molecule has 0 radical (unpaired) electrons. The van der Waals surface area contributed by atoms with Gasteiger partial charge in [-0.25, -0.2) is 0 Å². The fraction of sp³-hybridized carbons (Fsp3) is 0.933. The van der Waals surface area contributed by atoms with Crippen LogP contribution in [0.5, 0.6) is 0 Å². The third kappa shape index (κ3) is 3.29. The van der Waals surface area contributed by atoms with Crippen molar-refractivity contribution < 1.29 is 4.79 Å². The number of hydrogen-bond acceptors (Lipinski definition) is 3. The zero-order chi connectivity index (χ0) is 14.0. The molecule has 1 aliphatic carbocycles. The standard InChI is InChI=1S/C15H29N3O/c1-12(18(4)13(2)19)5-8-17(3)14-9-15(10-14)6-7-16-11-15/h12,14,16H,5-11H2,1-4H3. The van der Waals surface area contributed by atoms with Crippen molar-refractivity contribution in [3.8, 4) is 0 Å². The molecule has 1 spiro atoms. The summed E-state index contributed by atoms with van der Waals surface area (Å²) < 4.78 is 0. The predicted molar refractivity (Wildman–Crippen MR) is 78.1 cm³/mol. The minimum absolute atomic E-state index is 0.162. The van der Waals surface area contributed by atoms with Crippen LogP contribution < -0.4 is 5.32 Å². The maximum Gasteiger partial charge on any atom is 0.219 e. The lowest BCUT2D eigenvalue weighted by Crippen LogP contribution is -2.51. The molecule has 1 atom stereocenters. The molecular formula is C15H29N3O. The van der Waals surface area contributed by atoms with E-state index in [-0.39, 0.29) is 5.91 Å². The summed E-state index contributed by atoms with van der Waals surface area (Å²) in [5.41, 5.74) is 0.626. The van der Waals surface area contributed by atoms with E-state index in [0.29, 0.717) is 11.5 Å². The Kier molecular flexibility index (Phi) is 4.51. The fourth-order valence-electron chi connectivity index (χ4n) is 3.47. The molecule has 0 aromatic carbocycles. The van der Waals surface area contributed by atoms with Crippen molar-refractivity contribution in [2.45, 2.75) is 51.6 Å². The smallest absolute Gasteiger partial charge is 0.219 e. The van der Waals surface area contributed by atoms with Gasteiger partial charge in [-0.15, -0.1) is 0 Å². The van der Waals surface area contributed by atoms with Crippen LogP contribution in [0.3, 0.4) is 0 Å². The van der Waals surface area contributed by atoms with Crippen molar-refractivity contribution in [2.75, 3.05) is 33.7 Å². The van der Waals surface area contributed by atoms with Crippen molar-refractivity contribution in [3.05, 3.63) is 0 Å². The number of nitrogens with one attached hydrogen (secondary N) is 1. The van der Waals surface area contributed by atoms with E-state index >= 15 is 0 Å². The maximum absolute atomic E-state index is 11.3. The van der Waals surface area contributed by atoms with Crippen molar-refractivity contribution in [2.24, 2.45) is 5.41 Å². The van der Waals surface area contributed by atoms with E-state index in [0.717, 1.165) is 19.0 Å². The Morgan fingerprint density at radius 3 is 2.63 bits per heavy atom. The molecule has 1 aliphatic heterocycles. The molecule has 1 amide bonds. The van der Waals surface area contributed by atoms with Gasteiger partial charge in [-0.1, -0.05) is 0 Å². The Morgan fingerprint density at radius 1 is 1.42 bits per heavy atom. The molecule has 0 aromatic rings. The minimum Gasteiger partial charge on any atom is -0.343 e. The van der Waals surface area contributed by atoms with Crippen molar-refractivity contribution in [1.29, 1.82) is 0 Å². The summed E-state index contributed by atoms with van der Waals surface area (Å²) in [6.07, 6.45) is 5.13. The minimum atomic E-state index is 0.162. The monoisotopic (exact) mass is 267 g/mol. The van der Waals surface area contributed by atoms with Gasteiger partial charge in [0.1, 0.15) is 0 Å². The summed E-state index contributed by atoms with van der Waals surface area (Å²) in [6.45, 7) is 7.30. The van der Waals surface area contributed by atoms with Gasteiger partial charge in [0, 0.05) is 39.1 Å². The Balaban J connectivity index is 1.68. The lowest BCUT2D eigenvalue weighted by atomic mass is 9.64. The first-order chi connectivity index (χ1) is 8.93. The number of carbonyl (C=O) groups excluding carboxylic acids is 1. The van der Waals surface area contributed by atoms with Crippen LogP contribution in [0.2, 0.25) is 0 Å². The molecule has 0 bridgehead atoms. The first kappa shape index (κ1) is 14.8. The SMILES string of the molecule is CC(=O)N(C)C(C)CCN(C)C1CC2(CCNC2)C1. The quantitative estimate of drug-likeness (QED) is 0.816. The fourth-order valence-corrected chi connectivity index (χ4v) is 3.47. The summed E-state index contributed by atoms with van der Waals surface area (Å²) in [7, 11) is 4.13. The number of amides is 1.